The Kier molecular flexibility index (Phi) is 5.44. The Hall–Kier alpha value is -1.86. The quantitative estimate of drug-likeness (QED) is 0.821. The first-order valence-corrected chi connectivity index (χ1v) is 10.2. The van der Waals surface area contributed by atoms with Crippen LogP contribution in [0.5, 0.6) is 5.75 Å². The van der Waals surface area contributed by atoms with Crippen LogP contribution < -0.4 is 9.46 Å². The molecular weight excluding hydrogens is 338 g/mol. The van der Waals surface area contributed by atoms with E-state index in [0.717, 1.165) is 24.2 Å². The summed E-state index contributed by atoms with van der Waals surface area (Å²) < 4.78 is 34.9. The van der Waals surface area contributed by atoms with Crippen LogP contribution in [0.25, 0.3) is 0 Å². The first-order chi connectivity index (χ1) is 12.0. The number of nitrogens with zero attached hydrogens (tertiary/aromatic N) is 2. The molecule has 2 aromatic rings. The lowest BCUT2D eigenvalue weighted by atomic mass is 10.1. The van der Waals surface area contributed by atoms with Gasteiger partial charge in [-0.3, -0.25) is 4.68 Å². The summed E-state index contributed by atoms with van der Waals surface area (Å²) in [6.45, 7) is 2.09. The smallest absolute Gasteiger partial charge is 0.243 e. The standard InChI is InChI=1S/C18H25N3O3S/c1-14-18(13-21(20-14)16-7-3-4-8-16)25(22,23)19-11-10-15-6-5-9-17(12-15)24-2/h5-6,9,12-13,16,19H,3-4,7-8,10-11H2,1-2H3. The Labute approximate surface area is 149 Å². The summed E-state index contributed by atoms with van der Waals surface area (Å²) in [4.78, 5) is 0.282. The highest BCUT2D eigenvalue weighted by molar-refractivity contribution is 7.89. The molecule has 0 aliphatic heterocycles. The van der Waals surface area contributed by atoms with Gasteiger partial charge in [0.25, 0.3) is 0 Å². The Morgan fingerprint density at radius 1 is 1.32 bits per heavy atom. The van der Waals surface area contributed by atoms with Crippen molar-refractivity contribution in [2.24, 2.45) is 0 Å². The largest absolute Gasteiger partial charge is 0.497 e. The fourth-order valence-corrected chi connectivity index (χ4v) is 4.52. The molecule has 0 atom stereocenters. The van der Waals surface area contributed by atoms with Gasteiger partial charge in [0.05, 0.1) is 18.8 Å². The van der Waals surface area contributed by atoms with Gasteiger partial charge in [-0.25, -0.2) is 13.1 Å². The van der Waals surface area contributed by atoms with Crippen LogP contribution in [0, 0.1) is 6.92 Å². The lowest BCUT2D eigenvalue weighted by Crippen LogP contribution is -2.26. The number of hydrogen-bond donors (Lipinski definition) is 1. The van der Waals surface area contributed by atoms with Crippen LogP contribution >= 0.6 is 0 Å². The van der Waals surface area contributed by atoms with E-state index in [1.165, 1.54) is 12.8 Å². The third-order valence-corrected chi connectivity index (χ3v) is 6.26. The Morgan fingerprint density at radius 3 is 2.80 bits per heavy atom. The number of rotatable bonds is 7. The second-order valence-corrected chi connectivity index (χ2v) is 8.23. The van der Waals surface area contributed by atoms with Crippen LogP contribution in [0.3, 0.4) is 0 Å². The molecule has 1 aliphatic rings. The zero-order valence-corrected chi connectivity index (χ0v) is 15.6. The highest BCUT2D eigenvalue weighted by Gasteiger charge is 2.24. The summed E-state index contributed by atoms with van der Waals surface area (Å²) in [5.74, 6) is 0.772. The van der Waals surface area contributed by atoms with Gasteiger partial charge in [0.2, 0.25) is 10.0 Å². The number of methoxy groups -OCH3 is 1. The Balaban J connectivity index is 1.65. The predicted octanol–water partition coefficient (Wildman–Crippen LogP) is 2.84. The SMILES string of the molecule is COc1cccc(CCNS(=O)(=O)c2cn(C3CCCC3)nc2C)c1. The molecular formula is C18H25N3O3S. The molecule has 0 spiro atoms. The Bertz CT molecular complexity index is 824. The van der Waals surface area contributed by atoms with Gasteiger partial charge in [0, 0.05) is 12.7 Å². The Morgan fingerprint density at radius 2 is 2.08 bits per heavy atom. The molecule has 25 heavy (non-hydrogen) atoms. The maximum absolute atomic E-state index is 12.6. The summed E-state index contributed by atoms with van der Waals surface area (Å²) in [5.41, 5.74) is 1.58. The first kappa shape index (κ1) is 17.9. The monoisotopic (exact) mass is 363 g/mol. The van der Waals surface area contributed by atoms with Crippen molar-refractivity contribution in [2.75, 3.05) is 13.7 Å². The van der Waals surface area contributed by atoms with Gasteiger partial charge in [-0.1, -0.05) is 25.0 Å². The van der Waals surface area contributed by atoms with Crippen LogP contribution in [-0.4, -0.2) is 31.9 Å². The molecule has 1 aromatic carbocycles. The van der Waals surface area contributed by atoms with Crippen LogP contribution in [0.4, 0.5) is 0 Å². The van der Waals surface area contributed by atoms with Gasteiger partial charge < -0.3 is 4.74 Å². The molecule has 7 heteroatoms. The van der Waals surface area contributed by atoms with E-state index in [2.05, 4.69) is 9.82 Å². The second kappa shape index (κ2) is 7.58. The third-order valence-electron chi connectivity index (χ3n) is 4.70. The zero-order chi connectivity index (χ0) is 17.9. The van der Waals surface area contributed by atoms with Crippen molar-refractivity contribution in [3.63, 3.8) is 0 Å². The highest BCUT2D eigenvalue weighted by Crippen LogP contribution is 2.30. The average molecular weight is 363 g/mol. The fourth-order valence-electron chi connectivity index (χ4n) is 3.32. The van der Waals surface area contributed by atoms with Gasteiger partial charge in [-0.2, -0.15) is 5.10 Å². The summed E-state index contributed by atoms with van der Waals surface area (Å²) in [7, 11) is -1.93. The molecule has 0 bridgehead atoms. The average Bonchev–Trinajstić information content (AvgIpc) is 3.24. The number of nitrogens with one attached hydrogen (secondary N) is 1. The molecule has 1 N–H and O–H groups in total. The summed E-state index contributed by atoms with van der Waals surface area (Å²) in [5, 5.41) is 4.43. The minimum Gasteiger partial charge on any atom is -0.497 e. The molecule has 0 saturated heterocycles. The van der Waals surface area contributed by atoms with Gasteiger partial charge in [0.1, 0.15) is 10.6 Å². The lowest BCUT2D eigenvalue weighted by Gasteiger charge is -2.09. The number of aryl methyl sites for hydroxylation is 1. The number of benzene rings is 1. The molecule has 0 amide bonds. The first-order valence-electron chi connectivity index (χ1n) is 8.68. The number of ether oxygens (including phenoxy) is 1. The maximum atomic E-state index is 12.6. The van der Waals surface area contributed by atoms with Gasteiger partial charge in [-0.15, -0.1) is 0 Å². The topological polar surface area (TPSA) is 73.2 Å². The van der Waals surface area contributed by atoms with Crippen molar-refractivity contribution >= 4 is 10.0 Å². The van der Waals surface area contributed by atoms with E-state index in [0.29, 0.717) is 24.7 Å². The molecule has 0 radical (unpaired) electrons. The molecule has 136 valence electrons. The van der Waals surface area contributed by atoms with Crippen molar-refractivity contribution in [1.82, 2.24) is 14.5 Å². The van der Waals surface area contributed by atoms with E-state index in [-0.39, 0.29) is 4.90 Å². The lowest BCUT2D eigenvalue weighted by molar-refractivity contribution is 0.414. The van der Waals surface area contributed by atoms with Gasteiger partial charge in [0.15, 0.2) is 0 Å². The third kappa shape index (κ3) is 4.22. The molecule has 3 rings (SSSR count). The highest BCUT2D eigenvalue weighted by atomic mass is 32.2. The van der Waals surface area contributed by atoms with E-state index in [9.17, 15) is 8.42 Å². The van der Waals surface area contributed by atoms with E-state index < -0.39 is 10.0 Å². The second-order valence-electron chi connectivity index (χ2n) is 6.50. The van der Waals surface area contributed by atoms with Crippen molar-refractivity contribution in [1.29, 1.82) is 0 Å². The zero-order valence-electron chi connectivity index (χ0n) is 14.7. The number of aromatic nitrogens is 2. The normalized spacial score (nSPS) is 15.6. The van der Waals surface area contributed by atoms with Crippen molar-refractivity contribution in [3.8, 4) is 5.75 Å². The molecule has 0 unspecified atom stereocenters. The molecule has 1 fully saturated rings. The summed E-state index contributed by atoms with van der Waals surface area (Å²) >= 11 is 0. The van der Waals surface area contributed by atoms with E-state index >= 15 is 0 Å². The molecule has 1 saturated carbocycles. The molecule has 1 aliphatic carbocycles. The van der Waals surface area contributed by atoms with Crippen LogP contribution in [0.2, 0.25) is 0 Å². The van der Waals surface area contributed by atoms with Crippen molar-refractivity contribution in [2.45, 2.75) is 50.0 Å². The van der Waals surface area contributed by atoms with Crippen molar-refractivity contribution < 1.29 is 13.2 Å². The van der Waals surface area contributed by atoms with Gasteiger partial charge >= 0.3 is 0 Å². The summed E-state index contributed by atoms with van der Waals surface area (Å²) in [6.07, 6.45) is 6.80. The molecule has 1 aromatic heterocycles. The van der Waals surface area contributed by atoms with Crippen molar-refractivity contribution in [3.05, 3.63) is 41.7 Å². The van der Waals surface area contributed by atoms with Crippen LogP contribution in [0.1, 0.15) is 43.0 Å². The van der Waals surface area contributed by atoms with Gasteiger partial charge in [-0.05, 0) is 43.9 Å². The van der Waals surface area contributed by atoms with E-state index in [4.69, 9.17) is 4.74 Å². The number of sulfonamides is 1. The maximum Gasteiger partial charge on any atom is 0.243 e. The minimum atomic E-state index is -3.55. The fraction of sp³-hybridized carbons (Fsp3) is 0.500. The predicted molar refractivity (Wildman–Crippen MR) is 96.4 cm³/mol. The minimum absolute atomic E-state index is 0.282. The van der Waals surface area contributed by atoms with E-state index in [1.54, 1.807) is 20.2 Å². The molecule has 1 heterocycles. The number of hydrogen-bond acceptors (Lipinski definition) is 4. The molecule has 6 nitrogen and oxygen atoms in total. The van der Waals surface area contributed by atoms with Crippen LogP contribution in [-0.2, 0) is 16.4 Å². The van der Waals surface area contributed by atoms with E-state index in [1.807, 2.05) is 28.9 Å². The van der Waals surface area contributed by atoms with Crippen LogP contribution in [0.15, 0.2) is 35.4 Å². The summed E-state index contributed by atoms with van der Waals surface area (Å²) in [6, 6.07) is 7.98.